The molecule has 0 bridgehead atoms. The maximum Gasteiger partial charge on any atom is 0.299 e. The summed E-state index contributed by atoms with van der Waals surface area (Å²) < 4.78 is 29.8. The van der Waals surface area contributed by atoms with Crippen LogP contribution in [0, 0.1) is 6.92 Å². The highest BCUT2D eigenvalue weighted by Gasteiger charge is 2.10. The summed E-state index contributed by atoms with van der Waals surface area (Å²) in [5, 5.41) is 0.925. The molecule has 0 fully saturated rings. The number of anilines is 1. The Morgan fingerprint density at radius 2 is 1.88 bits per heavy atom. The minimum absolute atomic E-state index is 0.415. The van der Waals surface area contributed by atoms with Crippen molar-refractivity contribution in [2.75, 3.05) is 11.3 Å². The number of thiazole rings is 1. The first kappa shape index (κ1) is 16.9. The van der Waals surface area contributed by atoms with Crippen LogP contribution in [0.2, 0.25) is 0 Å². The van der Waals surface area contributed by atoms with Crippen molar-refractivity contribution in [2.24, 2.45) is 0 Å². The fraction of sp³-hybridized carbons (Fsp3) is 0.235. The molecule has 1 aromatic heterocycles. The normalized spacial score (nSPS) is 11.8. The number of hydrogen-bond donors (Lipinski definition) is 2. The molecule has 0 spiro atoms. The molecule has 126 valence electrons. The van der Waals surface area contributed by atoms with E-state index >= 15 is 0 Å². The third-order valence-corrected chi connectivity index (χ3v) is 5.63. The molecular formula is C17H19N3O2S2. The number of hydrogen-bond acceptors (Lipinski definition) is 4. The van der Waals surface area contributed by atoms with Crippen LogP contribution in [-0.4, -0.2) is 19.9 Å². The highest BCUT2D eigenvalue weighted by atomic mass is 32.2. The second kappa shape index (κ2) is 6.88. The number of benzene rings is 2. The molecule has 5 nitrogen and oxygen atoms in total. The van der Waals surface area contributed by atoms with Gasteiger partial charge in [0.25, 0.3) is 10.2 Å². The van der Waals surface area contributed by atoms with E-state index in [0.717, 1.165) is 27.2 Å². The zero-order chi connectivity index (χ0) is 17.2. The van der Waals surface area contributed by atoms with Crippen molar-refractivity contribution in [3.63, 3.8) is 0 Å². The Labute approximate surface area is 145 Å². The number of aromatic nitrogens is 1. The van der Waals surface area contributed by atoms with Crippen LogP contribution in [0.25, 0.3) is 20.8 Å². The van der Waals surface area contributed by atoms with Gasteiger partial charge in [-0.15, -0.1) is 11.3 Å². The molecule has 0 radical (unpaired) electrons. The van der Waals surface area contributed by atoms with Gasteiger partial charge in [0.1, 0.15) is 5.01 Å². The average Bonchev–Trinajstić information content (AvgIpc) is 2.96. The lowest BCUT2D eigenvalue weighted by molar-refractivity contribution is 0.586. The summed E-state index contributed by atoms with van der Waals surface area (Å²) in [6.07, 6.45) is 0.747. The van der Waals surface area contributed by atoms with Crippen LogP contribution >= 0.6 is 11.3 Å². The van der Waals surface area contributed by atoms with Crippen molar-refractivity contribution < 1.29 is 8.42 Å². The summed E-state index contributed by atoms with van der Waals surface area (Å²) in [5.41, 5.74) is 3.69. The second-order valence-electron chi connectivity index (χ2n) is 5.57. The van der Waals surface area contributed by atoms with Gasteiger partial charge in [-0.25, -0.2) is 4.98 Å². The summed E-state index contributed by atoms with van der Waals surface area (Å²) in [4.78, 5) is 4.64. The molecule has 3 rings (SSSR count). The first-order valence-corrected chi connectivity index (χ1v) is 10.0. The maximum absolute atomic E-state index is 11.8. The van der Waals surface area contributed by atoms with Crippen LogP contribution in [0.1, 0.15) is 18.9 Å². The van der Waals surface area contributed by atoms with Gasteiger partial charge in [0, 0.05) is 17.8 Å². The molecule has 0 aliphatic heterocycles. The molecule has 2 N–H and O–H groups in total. The van der Waals surface area contributed by atoms with Gasteiger partial charge >= 0.3 is 0 Å². The predicted molar refractivity (Wildman–Crippen MR) is 101 cm³/mol. The number of fused-ring (bicyclic) bond motifs is 1. The summed E-state index contributed by atoms with van der Waals surface area (Å²) in [6, 6.07) is 13.4. The summed E-state index contributed by atoms with van der Waals surface area (Å²) in [5.74, 6) is 0. The van der Waals surface area contributed by atoms with Gasteiger partial charge in [0.05, 0.1) is 10.2 Å². The van der Waals surface area contributed by atoms with E-state index < -0.39 is 10.2 Å². The van der Waals surface area contributed by atoms with E-state index in [0.29, 0.717) is 12.2 Å². The molecule has 2 aromatic carbocycles. The van der Waals surface area contributed by atoms with Crippen molar-refractivity contribution in [2.45, 2.75) is 20.3 Å². The molecule has 0 saturated heterocycles. The standard InChI is InChI=1S/C17H19N3O2S2/c1-3-10-18-24(21,22)20-14-7-5-13(6-8-14)17-19-15-9-4-12(2)11-16(15)23-17/h4-9,11,18,20H,3,10H2,1-2H3. The highest BCUT2D eigenvalue weighted by molar-refractivity contribution is 7.90. The van der Waals surface area contributed by atoms with E-state index in [1.54, 1.807) is 23.5 Å². The largest absolute Gasteiger partial charge is 0.299 e. The fourth-order valence-electron chi connectivity index (χ4n) is 2.26. The Morgan fingerprint density at radius 3 is 2.58 bits per heavy atom. The lowest BCUT2D eigenvalue weighted by Crippen LogP contribution is -2.30. The predicted octanol–water partition coefficient (Wildman–Crippen LogP) is 3.93. The van der Waals surface area contributed by atoms with E-state index in [4.69, 9.17) is 0 Å². The zero-order valence-electron chi connectivity index (χ0n) is 13.5. The average molecular weight is 361 g/mol. The van der Waals surface area contributed by atoms with E-state index in [1.807, 2.05) is 31.2 Å². The first-order chi connectivity index (χ1) is 11.5. The molecule has 0 aliphatic carbocycles. The lowest BCUT2D eigenvalue weighted by atomic mass is 10.2. The molecule has 0 unspecified atom stereocenters. The summed E-state index contributed by atoms with van der Waals surface area (Å²) in [7, 11) is -3.51. The fourth-order valence-corrected chi connectivity index (χ4v) is 4.32. The van der Waals surface area contributed by atoms with Gasteiger partial charge in [-0.05, 0) is 55.3 Å². The minimum Gasteiger partial charge on any atom is -0.271 e. The van der Waals surface area contributed by atoms with E-state index in [-0.39, 0.29) is 0 Å². The Bertz CT molecular complexity index is 948. The highest BCUT2D eigenvalue weighted by Crippen LogP contribution is 2.31. The minimum atomic E-state index is -3.51. The summed E-state index contributed by atoms with van der Waals surface area (Å²) >= 11 is 1.63. The van der Waals surface area contributed by atoms with Crippen molar-refractivity contribution in [3.05, 3.63) is 48.0 Å². The molecule has 1 heterocycles. The number of rotatable bonds is 6. The van der Waals surface area contributed by atoms with Crippen molar-refractivity contribution in [3.8, 4) is 10.6 Å². The van der Waals surface area contributed by atoms with Crippen LogP contribution < -0.4 is 9.44 Å². The van der Waals surface area contributed by atoms with Gasteiger partial charge in [-0.1, -0.05) is 13.0 Å². The Hall–Kier alpha value is -1.96. The summed E-state index contributed by atoms with van der Waals surface area (Å²) in [6.45, 7) is 4.39. The van der Waals surface area contributed by atoms with Gasteiger partial charge in [-0.3, -0.25) is 4.72 Å². The van der Waals surface area contributed by atoms with Crippen molar-refractivity contribution >= 4 is 37.5 Å². The van der Waals surface area contributed by atoms with Crippen LogP contribution in [0.3, 0.4) is 0 Å². The monoisotopic (exact) mass is 361 g/mol. The molecular weight excluding hydrogens is 342 g/mol. The Morgan fingerprint density at radius 1 is 1.12 bits per heavy atom. The molecule has 3 aromatic rings. The molecule has 0 aliphatic rings. The van der Waals surface area contributed by atoms with Crippen LogP contribution in [0.5, 0.6) is 0 Å². The number of aryl methyl sites for hydroxylation is 1. The molecule has 0 amide bonds. The molecule has 7 heteroatoms. The lowest BCUT2D eigenvalue weighted by Gasteiger charge is -2.08. The quantitative estimate of drug-likeness (QED) is 0.699. The van der Waals surface area contributed by atoms with Crippen LogP contribution in [0.4, 0.5) is 5.69 Å². The molecule has 0 atom stereocenters. The van der Waals surface area contributed by atoms with Crippen molar-refractivity contribution in [1.82, 2.24) is 9.71 Å². The smallest absolute Gasteiger partial charge is 0.271 e. The number of nitrogens with zero attached hydrogens (tertiary/aromatic N) is 1. The maximum atomic E-state index is 11.8. The van der Waals surface area contributed by atoms with E-state index in [9.17, 15) is 8.42 Å². The third-order valence-electron chi connectivity index (χ3n) is 3.47. The van der Waals surface area contributed by atoms with E-state index in [1.165, 1.54) is 5.56 Å². The third kappa shape index (κ3) is 3.92. The first-order valence-electron chi connectivity index (χ1n) is 7.72. The SMILES string of the molecule is CCCNS(=O)(=O)Nc1ccc(-c2nc3ccc(C)cc3s2)cc1. The zero-order valence-corrected chi connectivity index (χ0v) is 15.2. The van der Waals surface area contributed by atoms with Crippen LogP contribution in [-0.2, 0) is 10.2 Å². The Kier molecular flexibility index (Phi) is 4.84. The number of nitrogens with one attached hydrogen (secondary N) is 2. The van der Waals surface area contributed by atoms with Gasteiger partial charge in [0.2, 0.25) is 0 Å². The van der Waals surface area contributed by atoms with E-state index in [2.05, 4.69) is 27.4 Å². The van der Waals surface area contributed by atoms with Gasteiger partial charge in [0.15, 0.2) is 0 Å². The molecule has 0 saturated carbocycles. The van der Waals surface area contributed by atoms with Crippen LogP contribution in [0.15, 0.2) is 42.5 Å². The second-order valence-corrected chi connectivity index (χ2v) is 8.10. The molecule has 24 heavy (non-hydrogen) atoms. The van der Waals surface area contributed by atoms with Gasteiger partial charge in [-0.2, -0.15) is 13.1 Å². The van der Waals surface area contributed by atoms with Gasteiger partial charge < -0.3 is 0 Å². The topological polar surface area (TPSA) is 71.1 Å². The van der Waals surface area contributed by atoms with Crippen molar-refractivity contribution in [1.29, 1.82) is 0 Å². The Balaban J connectivity index is 1.80.